The van der Waals surface area contributed by atoms with E-state index in [2.05, 4.69) is 10.3 Å². The molecule has 0 fully saturated rings. The highest BCUT2D eigenvalue weighted by Gasteiger charge is 2.09. The van der Waals surface area contributed by atoms with Crippen LogP contribution in [0.25, 0.3) is 10.6 Å². The van der Waals surface area contributed by atoms with Crippen LogP contribution in [0.15, 0.2) is 60.1 Å². The van der Waals surface area contributed by atoms with Crippen LogP contribution in [0, 0.1) is 0 Å². The van der Waals surface area contributed by atoms with Gasteiger partial charge in [-0.15, -0.1) is 11.3 Å². The minimum absolute atomic E-state index is 0.110. The van der Waals surface area contributed by atoms with Crippen LogP contribution in [0.1, 0.15) is 15.9 Å². The van der Waals surface area contributed by atoms with Gasteiger partial charge in [-0.25, -0.2) is 4.98 Å². The lowest BCUT2D eigenvalue weighted by Gasteiger charge is -2.09. The molecule has 0 aliphatic heterocycles. The van der Waals surface area contributed by atoms with Gasteiger partial charge < -0.3 is 10.1 Å². The first-order valence-corrected chi connectivity index (χ1v) is 8.06. The van der Waals surface area contributed by atoms with Crippen molar-refractivity contribution in [3.05, 3.63) is 71.2 Å². The Balaban J connectivity index is 1.72. The first-order chi connectivity index (χ1) is 11.3. The zero-order valence-corrected chi connectivity index (χ0v) is 13.5. The van der Waals surface area contributed by atoms with Crippen LogP contribution in [-0.2, 0) is 6.54 Å². The van der Waals surface area contributed by atoms with E-state index >= 15 is 0 Å². The van der Waals surface area contributed by atoms with E-state index in [0.29, 0.717) is 12.1 Å². The maximum atomic E-state index is 12.3. The van der Waals surface area contributed by atoms with Gasteiger partial charge >= 0.3 is 0 Å². The van der Waals surface area contributed by atoms with Crippen molar-refractivity contribution in [1.29, 1.82) is 0 Å². The van der Waals surface area contributed by atoms with Crippen molar-refractivity contribution in [2.45, 2.75) is 6.54 Å². The Labute approximate surface area is 138 Å². The first kappa shape index (κ1) is 15.2. The summed E-state index contributed by atoms with van der Waals surface area (Å²) in [4.78, 5) is 16.6. The first-order valence-electron chi connectivity index (χ1n) is 7.18. The highest BCUT2D eigenvalue weighted by molar-refractivity contribution is 7.13. The fourth-order valence-corrected chi connectivity index (χ4v) is 2.96. The molecule has 3 aromatic rings. The SMILES string of the molecule is COc1ccc(C(=O)NCc2ccccc2-c2nccs2)cc1. The predicted molar refractivity (Wildman–Crippen MR) is 91.7 cm³/mol. The number of carbonyl (C=O) groups is 1. The molecule has 0 atom stereocenters. The zero-order valence-electron chi connectivity index (χ0n) is 12.7. The van der Waals surface area contributed by atoms with Gasteiger partial charge in [-0.3, -0.25) is 4.79 Å². The van der Waals surface area contributed by atoms with Gasteiger partial charge in [0.2, 0.25) is 0 Å². The summed E-state index contributed by atoms with van der Waals surface area (Å²) in [5.41, 5.74) is 2.71. The lowest BCUT2D eigenvalue weighted by atomic mass is 10.1. The normalized spacial score (nSPS) is 10.3. The predicted octanol–water partition coefficient (Wildman–Crippen LogP) is 3.75. The number of thiazole rings is 1. The van der Waals surface area contributed by atoms with Crippen molar-refractivity contribution in [2.75, 3.05) is 7.11 Å². The van der Waals surface area contributed by atoms with Crippen molar-refractivity contribution >= 4 is 17.2 Å². The lowest BCUT2D eigenvalue weighted by Crippen LogP contribution is -2.23. The van der Waals surface area contributed by atoms with Crippen LogP contribution in [0.2, 0.25) is 0 Å². The number of nitrogens with one attached hydrogen (secondary N) is 1. The summed E-state index contributed by atoms with van der Waals surface area (Å²) in [7, 11) is 1.60. The third-order valence-corrected chi connectivity index (χ3v) is 4.28. The third kappa shape index (κ3) is 3.57. The molecular formula is C18H16N2O2S. The monoisotopic (exact) mass is 324 g/mol. The molecule has 5 heteroatoms. The fourth-order valence-electron chi connectivity index (χ4n) is 2.26. The van der Waals surface area contributed by atoms with Crippen LogP contribution in [-0.4, -0.2) is 18.0 Å². The summed E-state index contributed by atoms with van der Waals surface area (Å²) in [6.45, 7) is 0.459. The Bertz CT molecular complexity index is 783. The van der Waals surface area contributed by atoms with Crippen molar-refractivity contribution in [3.63, 3.8) is 0 Å². The molecule has 0 unspecified atom stereocenters. The lowest BCUT2D eigenvalue weighted by molar-refractivity contribution is 0.0951. The van der Waals surface area contributed by atoms with E-state index in [1.54, 1.807) is 48.9 Å². The standard InChI is InChI=1S/C18H16N2O2S/c1-22-15-8-6-13(7-9-15)17(21)20-12-14-4-2-3-5-16(14)18-19-10-11-23-18/h2-11H,12H2,1H3,(H,20,21). The summed E-state index contributed by atoms with van der Waals surface area (Å²) in [6, 6.07) is 15.0. The number of hydrogen-bond donors (Lipinski definition) is 1. The van der Waals surface area contributed by atoms with Gasteiger partial charge in [0, 0.05) is 29.2 Å². The quantitative estimate of drug-likeness (QED) is 0.777. The average Bonchev–Trinajstić information content (AvgIpc) is 3.14. The molecule has 1 amide bonds. The molecule has 0 spiro atoms. The van der Waals surface area contributed by atoms with Crippen LogP contribution >= 0.6 is 11.3 Å². The summed E-state index contributed by atoms with van der Waals surface area (Å²) in [5, 5.41) is 5.86. The molecule has 116 valence electrons. The van der Waals surface area contributed by atoms with Crippen LogP contribution < -0.4 is 10.1 Å². The molecule has 0 radical (unpaired) electrons. The molecule has 0 saturated carbocycles. The smallest absolute Gasteiger partial charge is 0.251 e. The van der Waals surface area contributed by atoms with Gasteiger partial charge in [0.25, 0.3) is 5.91 Å². The van der Waals surface area contributed by atoms with Crippen LogP contribution in [0.4, 0.5) is 0 Å². The second-order valence-corrected chi connectivity index (χ2v) is 5.80. The maximum absolute atomic E-state index is 12.3. The number of ether oxygens (including phenoxy) is 1. The largest absolute Gasteiger partial charge is 0.497 e. The maximum Gasteiger partial charge on any atom is 0.251 e. The molecule has 0 aliphatic carbocycles. The molecule has 1 aromatic heterocycles. The van der Waals surface area contributed by atoms with E-state index < -0.39 is 0 Å². The Hall–Kier alpha value is -2.66. The molecule has 1 N–H and O–H groups in total. The Morgan fingerprint density at radius 3 is 2.65 bits per heavy atom. The fraction of sp³-hybridized carbons (Fsp3) is 0.111. The minimum atomic E-state index is -0.110. The molecule has 3 rings (SSSR count). The van der Waals surface area contributed by atoms with E-state index in [1.165, 1.54) is 0 Å². The number of nitrogens with zero attached hydrogens (tertiary/aromatic N) is 1. The minimum Gasteiger partial charge on any atom is -0.497 e. The van der Waals surface area contributed by atoms with Gasteiger partial charge in [0.1, 0.15) is 10.8 Å². The number of amides is 1. The van der Waals surface area contributed by atoms with Crippen molar-refractivity contribution in [3.8, 4) is 16.3 Å². The van der Waals surface area contributed by atoms with Gasteiger partial charge in [-0.2, -0.15) is 0 Å². The van der Waals surface area contributed by atoms with E-state index in [1.807, 2.05) is 29.6 Å². The highest BCUT2D eigenvalue weighted by Crippen LogP contribution is 2.25. The number of methoxy groups -OCH3 is 1. The second-order valence-electron chi connectivity index (χ2n) is 4.91. The topological polar surface area (TPSA) is 51.2 Å². The van der Waals surface area contributed by atoms with Gasteiger partial charge in [0.05, 0.1) is 7.11 Å². The number of rotatable bonds is 5. The number of hydrogen-bond acceptors (Lipinski definition) is 4. The third-order valence-electron chi connectivity index (χ3n) is 3.47. The van der Waals surface area contributed by atoms with Gasteiger partial charge in [-0.1, -0.05) is 24.3 Å². The van der Waals surface area contributed by atoms with Crippen LogP contribution in [0.3, 0.4) is 0 Å². The summed E-state index contributed by atoms with van der Waals surface area (Å²) in [5.74, 6) is 0.622. The Morgan fingerprint density at radius 2 is 1.96 bits per heavy atom. The number of aromatic nitrogens is 1. The van der Waals surface area contributed by atoms with Gasteiger partial charge in [0.15, 0.2) is 0 Å². The number of carbonyl (C=O) groups excluding carboxylic acids is 1. The Kier molecular flexibility index (Phi) is 4.68. The van der Waals surface area contributed by atoms with E-state index in [4.69, 9.17) is 4.74 Å². The van der Waals surface area contributed by atoms with Crippen molar-refractivity contribution in [2.24, 2.45) is 0 Å². The van der Waals surface area contributed by atoms with Crippen molar-refractivity contribution < 1.29 is 9.53 Å². The van der Waals surface area contributed by atoms with Gasteiger partial charge in [-0.05, 0) is 29.8 Å². The molecule has 23 heavy (non-hydrogen) atoms. The second kappa shape index (κ2) is 7.07. The average molecular weight is 324 g/mol. The number of benzene rings is 2. The molecule has 0 saturated heterocycles. The molecule has 4 nitrogen and oxygen atoms in total. The van der Waals surface area contributed by atoms with E-state index in [-0.39, 0.29) is 5.91 Å². The summed E-state index contributed by atoms with van der Waals surface area (Å²) < 4.78 is 5.10. The molecule has 1 heterocycles. The molecule has 0 bridgehead atoms. The highest BCUT2D eigenvalue weighted by atomic mass is 32.1. The molecule has 2 aromatic carbocycles. The van der Waals surface area contributed by atoms with E-state index in [0.717, 1.165) is 21.9 Å². The molecule has 0 aliphatic rings. The van der Waals surface area contributed by atoms with Crippen LogP contribution in [0.5, 0.6) is 5.75 Å². The summed E-state index contributed by atoms with van der Waals surface area (Å²) >= 11 is 1.59. The summed E-state index contributed by atoms with van der Waals surface area (Å²) in [6.07, 6.45) is 1.78. The zero-order chi connectivity index (χ0) is 16.1. The van der Waals surface area contributed by atoms with E-state index in [9.17, 15) is 4.79 Å². The molecular weight excluding hydrogens is 308 g/mol. The Morgan fingerprint density at radius 1 is 1.17 bits per heavy atom. The van der Waals surface area contributed by atoms with Crippen molar-refractivity contribution in [1.82, 2.24) is 10.3 Å².